The molecule has 2 aromatic carbocycles. The fraction of sp³-hybridized carbons (Fsp3) is 0.208. The van der Waals surface area contributed by atoms with Crippen LogP contribution in [-0.2, 0) is 9.53 Å². The van der Waals surface area contributed by atoms with Gasteiger partial charge in [-0.25, -0.2) is 9.79 Å². The van der Waals surface area contributed by atoms with Gasteiger partial charge in [-0.2, -0.15) is 0 Å². The molecule has 7 nitrogen and oxygen atoms in total. The molecule has 0 amide bonds. The number of methoxy groups -OCH3 is 3. The lowest BCUT2D eigenvalue weighted by Crippen LogP contribution is -2.39. The monoisotopic (exact) mass is 576 g/mol. The van der Waals surface area contributed by atoms with E-state index in [4.69, 9.17) is 14.2 Å². The van der Waals surface area contributed by atoms with Crippen LogP contribution in [0, 0.1) is 3.57 Å². The number of carbonyl (C=O) groups excluding carboxylic acids is 1. The number of hydrogen-bond donors (Lipinski definition) is 0. The van der Waals surface area contributed by atoms with E-state index in [2.05, 4.69) is 27.6 Å². The van der Waals surface area contributed by atoms with Crippen LogP contribution in [0.4, 0.5) is 0 Å². The van der Waals surface area contributed by atoms with E-state index in [0.29, 0.717) is 32.1 Å². The molecular formula is C24H21IN2O5S. The van der Waals surface area contributed by atoms with Crippen LogP contribution < -0.4 is 24.4 Å². The number of rotatable bonds is 5. The number of fused-ring (bicyclic) bond motifs is 1. The molecule has 3 aromatic rings. The molecule has 1 aliphatic rings. The molecule has 0 spiro atoms. The number of halogens is 1. The number of carbonyl (C=O) groups is 1. The minimum Gasteiger partial charge on any atom is -0.493 e. The summed E-state index contributed by atoms with van der Waals surface area (Å²) in [6, 6.07) is 12.5. The zero-order valence-corrected chi connectivity index (χ0v) is 21.4. The highest BCUT2D eigenvalue weighted by molar-refractivity contribution is 14.1. The first-order valence-electron chi connectivity index (χ1n) is 9.97. The van der Waals surface area contributed by atoms with Gasteiger partial charge in [-0.3, -0.25) is 9.36 Å². The first-order valence-corrected chi connectivity index (χ1v) is 11.9. The summed E-state index contributed by atoms with van der Waals surface area (Å²) < 4.78 is 18.8. The van der Waals surface area contributed by atoms with E-state index >= 15 is 0 Å². The second kappa shape index (κ2) is 9.52. The van der Waals surface area contributed by atoms with E-state index in [1.54, 1.807) is 31.8 Å². The fourth-order valence-electron chi connectivity index (χ4n) is 3.82. The van der Waals surface area contributed by atoms with Crippen molar-refractivity contribution >= 4 is 46.0 Å². The smallest absolute Gasteiger partial charge is 0.338 e. The molecule has 0 saturated heterocycles. The zero-order valence-electron chi connectivity index (χ0n) is 18.4. The van der Waals surface area contributed by atoms with Crippen molar-refractivity contribution in [2.45, 2.75) is 13.0 Å². The van der Waals surface area contributed by atoms with E-state index in [9.17, 15) is 9.59 Å². The van der Waals surface area contributed by atoms with Crippen LogP contribution in [0.5, 0.6) is 11.5 Å². The summed E-state index contributed by atoms with van der Waals surface area (Å²) in [5.74, 6) is 0.711. The maximum absolute atomic E-state index is 13.6. The van der Waals surface area contributed by atoms with Crippen molar-refractivity contribution in [3.8, 4) is 11.5 Å². The molecule has 1 unspecified atom stereocenters. The van der Waals surface area contributed by atoms with Gasteiger partial charge < -0.3 is 14.2 Å². The molecule has 0 aliphatic carbocycles. The number of ether oxygens (including phenoxy) is 3. The van der Waals surface area contributed by atoms with Crippen molar-refractivity contribution in [2.24, 2.45) is 4.99 Å². The molecule has 4 rings (SSSR count). The topological polar surface area (TPSA) is 79.1 Å². The van der Waals surface area contributed by atoms with Crippen molar-refractivity contribution in [1.82, 2.24) is 4.57 Å². The van der Waals surface area contributed by atoms with Gasteiger partial charge in [-0.15, -0.1) is 0 Å². The Morgan fingerprint density at radius 2 is 1.88 bits per heavy atom. The number of esters is 1. The SMILES string of the molecule is COC(=O)C1=C(C)N=c2sc(=Cc3cc(I)c(OC)c(OC)c3)c(=O)n2C1c1ccccc1. The van der Waals surface area contributed by atoms with Gasteiger partial charge in [-0.1, -0.05) is 41.7 Å². The Kier molecular flexibility index (Phi) is 6.71. The highest BCUT2D eigenvalue weighted by atomic mass is 127. The van der Waals surface area contributed by atoms with Crippen molar-refractivity contribution < 1.29 is 19.0 Å². The van der Waals surface area contributed by atoms with Crippen molar-refractivity contribution in [3.05, 3.63) is 88.1 Å². The summed E-state index contributed by atoms with van der Waals surface area (Å²) in [7, 11) is 4.49. The predicted molar refractivity (Wildman–Crippen MR) is 134 cm³/mol. The van der Waals surface area contributed by atoms with Gasteiger partial charge in [0.2, 0.25) is 0 Å². The van der Waals surface area contributed by atoms with Crippen molar-refractivity contribution in [3.63, 3.8) is 0 Å². The number of hydrogen-bond acceptors (Lipinski definition) is 7. The third-order valence-corrected chi connectivity index (χ3v) is 7.08. The minimum absolute atomic E-state index is 0.230. The molecular weight excluding hydrogens is 555 g/mol. The van der Waals surface area contributed by atoms with Gasteiger partial charge in [0.25, 0.3) is 5.56 Å². The van der Waals surface area contributed by atoms with Crippen LogP contribution in [0.1, 0.15) is 24.1 Å². The average molecular weight is 576 g/mol. The van der Waals surface area contributed by atoms with Gasteiger partial charge in [-0.05, 0) is 58.9 Å². The first kappa shape index (κ1) is 23.2. The molecule has 2 heterocycles. The first-order chi connectivity index (χ1) is 15.9. The second-order valence-corrected chi connectivity index (χ2v) is 9.39. The Morgan fingerprint density at radius 1 is 1.15 bits per heavy atom. The molecule has 1 aliphatic heterocycles. The molecule has 0 radical (unpaired) electrons. The molecule has 33 heavy (non-hydrogen) atoms. The van der Waals surface area contributed by atoms with Crippen LogP contribution in [0.2, 0.25) is 0 Å². The summed E-state index contributed by atoms with van der Waals surface area (Å²) >= 11 is 3.45. The Bertz CT molecular complexity index is 1440. The highest BCUT2D eigenvalue weighted by Gasteiger charge is 2.32. The second-order valence-electron chi connectivity index (χ2n) is 7.22. The Hall–Kier alpha value is -2.92. The molecule has 170 valence electrons. The van der Waals surface area contributed by atoms with Crippen LogP contribution >= 0.6 is 33.9 Å². The lowest BCUT2D eigenvalue weighted by atomic mass is 9.96. The molecule has 0 saturated carbocycles. The van der Waals surface area contributed by atoms with E-state index < -0.39 is 12.0 Å². The third-order valence-electron chi connectivity index (χ3n) is 5.30. The van der Waals surface area contributed by atoms with Crippen LogP contribution in [0.3, 0.4) is 0 Å². The number of nitrogens with zero attached hydrogens (tertiary/aromatic N) is 2. The van der Waals surface area contributed by atoms with Crippen molar-refractivity contribution in [1.29, 1.82) is 0 Å². The van der Waals surface area contributed by atoms with E-state index in [1.807, 2.05) is 42.5 Å². The lowest BCUT2D eigenvalue weighted by molar-refractivity contribution is -0.136. The van der Waals surface area contributed by atoms with Gasteiger partial charge in [0.1, 0.15) is 0 Å². The molecule has 0 bridgehead atoms. The molecule has 1 aromatic heterocycles. The molecule has 9 heteroatoms. The number of thiazole rings is 1. The maximum Gasteiger partial charge on any atom is 0.338 e. The van der Waals surface area contributed by atoms with Gasteiger partial charge in [0.15, 0.2) is 16.3 Å². The Morgan fingerprint density at radius 3 is 2.52 bits per heavy atom. The average Bonchev–Trinajstić information content (AvgIpc) is 3.12. The number of benzene rings is 2. The standard InChI is InChI=1S/C24H21IN2O5S/c1-13-19(23(29)32-4)20(15-8-6-5-7-9-15)27-22(28)18(33-24(27)26-13)12-14-10-16(25)21(31-3)17(11-14)30-2/h5-12,20H,1-4H3. The van der Waals surface area contributed by atoms with Gasteiger partial charge >= 0.3 is 5.97 Å². The Balaban J connectivity index is 1.95. The summed E-state index contributed by atoms with van der Waals surface area (Å²) in [6.07, 6.45) is 1.80. The zero-order chi connectivity index (χ0) is 23.7. The summed E-state index contributed by atoms with van der Waals surface area (Å²) in [5.41, 5.74) is 2.25. The largest absolute Gasteiger partial charge is 0.493 e. The third kappa shape index (κ3) is 4.22. The van der Waals surface area contributed by atoms with Crippen LogP contribution in [-0.4, -0.2) is 31.9 Å². The lowest BCUT2D eigenvalue weighted by Gasteiger charge is -2.24. The quantitative estimate of drug-likeness (QED) is 0.345. The van der Waals surface area contributed by atoms with E-state index in [1.165, 1.54) is 18.4 Å². The maximum atomic E-state index is 13.6. The van der Waals surface area contributed by atoms with Gasteiger partial charge in [0.05, 0.1) is 46.7 Å². The normalized spacial score (nSPS) is 15.7. The minimum atomic E-state index is -0.623. The van der Waals surface area contributed by atoms with Crippen LogP contribution in [0.15, 0.2) is 63.5 Å². The number of allylic oxidation sites excluding steroid dienone is 1. The summed E-state index contributed by atoms with van der Waals surface area (Å²) in [4.78, 5) is 31.3. The van der Waals surface area contributed by atoms with Crippen molar-refractivity contribution in [2.75, 3.05) is 21.3 Å². The van der Waals surface area contributed by atoms with E-state index in [0.717, 1.165) is 14.7 Å². The van der Waals surface area contributed by atoms with E-state index in [-0.39, 0.29) is 5.56 Å². The summed E-state index contributed by atoms with van der Waals surface area (Å²) in [6.45, 7) is 1.76. The molecule has 1 atom stereocenters. The number of aromatic nitrogens is 1. The molecule has 0 fully saturated rings. The Labute approximate surface area is 207 Å². The fourth-order valence-corrected chi connectivity index (χ4v) is 5.71. The van der Waals surface area contributed by atoms with Gasteiger partial charge in [0, 0.05) is 0 Å². The predicted octanol–water partition coefficient (Wildman–Crippen LogP) is 3.03. The summed E-state index contributed by atoms with van der Waals surface area (Å²) in [5, 5.41) is 0. The van der Waals surface area contributed by atoms with Crippen LogP contribution in [0.25, 0.3) is 6.08 Å². The molecule has 0 N–H and O–H groups in total. The highest BCUT2D eigenvalue weighted by Crippen LogP contribution is 2.34.